The van der Waals surface area contributed by atoms with Crippen LogP contribution in [0.2, 0.25) is 0 Å². The molecule has 0 radical (unpaired) electrons. The first-order valence-electron chi connectivity index (χ1n) is 10.8. The molecule has 3 rings (SSSR count). The van der Waals surface area contributed by atoms with E-state index in [1.807, 2.05) is 53.4 Å². The second-order valence-electron chi connectivity index (χ2n) is 7.67. The van der Waals surface area contributed by atoms with Gasteiger partial charge in [0.2, 0.25) is 5.91 Å². The standard InChI is InChI=1S/C26H32N2O3/c1-4-5-15-28(26(29)18-21-11-13-24(30-2)14-12-21)20-23-9-7-16-27(23)19-22-8-6-10-25(17-22)31-3/h6-14,16-17H,4-5,15,18-20H2,1-3H3. The van der Waals surface area contributed by atoms with E-state index in [4.69, 9.17) is 9.47 Å². The molecular weight excluding hydrogens is 388 g/mol. The number of ether oxygens (including phenoxy) is 2. The van der Waals surface area contributed by atoms with E-state index in [1.54, 1.807) is 14.2 Å². The quantitative estimate of drug-likeness (QED) is 0.442. The van der Waals surface area contributed by atoms with Gasteiger partial charge in [-0.1, -0.05) is 37.6 Å². The van der Waals surface area contributed by atoms with Crippen LogP contribution in [0.5, 0.6) is 11.5 Å². The fourth-order valence-corrected chi connectivity index (χ4v) is 3.58. The van der Waals surface area contributed by atoms with Crippen LogP contribution in [0.1, 0.15) is 36.6 Å². The van der Waals surface area contributed by atoms with E-state index in [0.29, 0.717) is 13.0 Å². The van der Waals surface area contributed by atoms with Crippen molar-refractivity contribution in [2.75, 3.05) is 20.8 Å². The van der Waals surface area contributed by atoms with Crippen LogP contribution in [0, 0.1) is 0 Å². The van der Waals surface area contributed by atoms with Crippen molar-refractivity contribution in [3.05, 3.63) is 83.7 Å². The lowest BCUT2D eigenvalue weighted by Crippen LogP contribution is -2.33. The summed E-state index contributed by atoms with van der Waals surface area (Å²) in [5.74, 6) is 1.80. The van der Waals surface area contributed by atoms with Gasteiger partial charge in [0.15, 0.2) is 0 Å². The van der Waals surface area contributed by atoms with Gasteiger partial charge in [0.05, 0.1) is 27.2 Å². The van der Waals surface area contributed by atoms with E-state index in [2.05, 4.69) is 29.8 Å². The molecule has 3 aromatic rings. The summed E-state index contributed by atoms with van der Waals surface area (Å²) in [6, 6.07) is 20.0. The van der Waals surface area contributed by atoms with Crippen LogP contribution < -0.4 is 9.47 Å². The average molecular weight is 421 g/mol. The number of benzene rings is 2. The summed E-state index contributed by atoms with van der Waals surface area (Å²) in [5.41, 5.74) is 3.29. The number of nitrogens with zero attached hydrogens (tertiary/aromatic N) is 2. The highest BCUT2D eigenvalue weighted by atomic mass is 16.5. The number of hydrogen-bond donors (Lipinski definition) is 0. The number of hydrogen-bond acceptors (Lipinski definition) is 3. The molecule has 0 fully saturated rings. The van der Waals surface area contributed by atoms with Gasteiger partial charge in [-0.3, -0.25) is 4.79 Å². The lowest BCUT2D eigenvalue weighted by atomic mass is 10.1. The van der Waals surface area contributed by atoms with E-state index >= 15 is 0 Å². The molecular formula is C26H32N2O3. The topological polar surface area (TPSA) is 43.7 Å². The summed E-state index contributed by atoms with van der Waals surface area (Å²) in [4.78, 5) is 15.1. The number of amides is 1. The number of methoxy groups -OCH3 is 2. The summed E-state index contributed by atoms with van der Waals surface area (Å²) < 4.78 is 12.8. The Morgan fingerprint density at radius 2 is 1.71 bits per heavy atom. The van der Waals surface area contributed by atoms with Gasteiger partial charge in [0.25, 0.3) is 0 Å². The Bertz CT molecular complexity index is 963. The third-order valence-corrected chi connectivity index (χ3v) is 5.41. The molecule has 5 nitrogen and oxygen atoms in total. The predicted octanol–water partition coefficient (Wildman–Crippen LogP) is 4.93. The van der Waals surface area contributed by atoms with Crippen LogP contribution in [-0.4, -0.2) is 36.1 Å². The molecule has 0 aliphatic heterocycles. The Kier molecular flexibility index (Phi) is 8.16. The minimum Gasteiger partial charge on any atom is -0.497 e. The van der Waals surface area contributed by atoms with E-state index in [-0.39, 0.29) is 5.91 Å². The van der Waals surface area contributed by atoms with Crippen LogP contribution in [-0.2, 0) is 24.3 Å². The Balaban J connectivity index is 1.71. The molecule has 0 aliphatic rings. The van der Waals surface area contributed by atoms with Gasteiger partial charge in [-0.2, -0.15) is 0 Å². The Hall–Kier alpha value is -3.21. The second-order valence-corrected chi connectivity index (χ2v) is 7.67. The lowest BCUT2D eigenvalue weighted by molar-refractivity contribution is -0.131. The summed E-state index contributed by atoms with van der Waals surface area (Å²) >= 11 is 0. The molecule has 31 heavy (non-hydrogen) atoms. The molecule has 5 heteroatoms. The number of carbonyl (C=O) groups excluding carboxylic acids is 1. The fraction of sp³-hybridized carbons (Fsp3) is 0.346. The maximum Gasteiger partial charge on any atom is 0.227 e. The molecule has 0 saturated carbocycles. The third-order valence-electron chi connectivity index (χ3n) is 5.41. The first-order chi connectivity index (χ1) is 15.1. The average Bonchev–Trinajstić information content (AvgIpc) is 3.23. The second kappa shape index (κ2) is 11.3. The normalized spacial score (nSPS) is 10.7. The summed E-state index contributed by atoms with van der Waals surface area (Å²) in [6.07, 6.45) is 4.51. The smallest absolute Gasteiger partial charge is 0.227 e. The monoisotopic (exact) mass is 420 g/mol. The van der Waals surface area contributed by atoms with Crippen LogP contribution in [0.3, 0.4) is 0 Å². The van der Waals surface area contributed by atoms with Crippen molar-refractivity contribution in [2.45, 2.75) is 39.3 Å². The highest BCUT2D eigenvalue weighted by Crippen LogP contribution is 2.17. The number of aromatic nitrogens is 1. The zero-order valence-electron chi connectivity index (χ0n) is 18.7. The minimum atomic E-state index is 0.146. The Morgan fingerprint density at radius 3 is 2.42 bits per heavy atom. The van der Waals surface area contributed by atoms with Crippen molar-refractivity contribution in [3.63, 3.8) is 0 Å². The van der Waals surface area contributed by atoms with Gasteiger partial charge in [0.1, 0.15) is 11.5 Å². The summed E-state index contributed by atoms with van der Waals surface area (Å²) in [7, 11) is 3.33. The number of rotatable bonds is 11. The van der Waals surface area contributed by atoms with E-state index in [1.165, 1.54) is 5.56 Å². The number of carbonyl (C=O) groups is 1. The van der Waals surface area contributed by atoms with Crippen molar-refractivity contribution < 1.29 is 14.3 Å². The predicted molar refractivity (Wildman–Crippen MR) is 124 cm³/mol. The van der Waals surface area contributed by atoms with Crippen molar-refractivity contribution in [3.8, 4) is 11.5 Å². The van der Waals surface area contributed by atoms with Gasteiger partial charge in [-0.15, -0.1) is 0 Å². The third kappa shape index (κ3) is 6.38. The van der Waals surface area contributed by atoms with Gasteiger partial charge >= 0.3 is 0 Å². The highest BCUT2D eigenvalue weighted by Gasteiger charge is 2.16. The molecule has 2 aromatic carbocycles. The number of unbranched alkanes of at least 4 members (excludes halogenated alkanes) is 1. The molecule has 0 bridgehead atoms. The van der Waals surface area contributed by atoms with Gasteiger partial charge in [-0.05, 0) is 53.9 Å². The van der Waals surface area contributed by atoms with Crippen molar-refractivity contribution in [1.29, 1.82) is 0 Å². The molecule has 0 N–H and O–H groups in total. The molecule has 0 atom stereocenters. The maximum atomic E-state index is 13.1. The van der Waals surface area contributed by atoms with Crippen molar-refractivity contribution >= 4 is 5.91 Å². The fourth-order valence-electron chi connectivity index (χ4n) is 3.58. The van der Waals surface area contributed by atoms with Crippen molar-refractivity contribution in [1.82, 2.24) is 9.47 Å². The lowest BCUT2D eigenvalue weighted by Gasteiger charge is -2.24. The minimum absolute atomic E-state index is 0.146. The Morgan fingerprint density at radius 1 is 0.935 bits per heavy atom. The van der Waals surface area contributed by atoms with E-state index in [0.717, 1.165) is 48.7 Å². The molecule has 0 spiro atoms. The van der Waals surface area contributed by atoms with E-state index < -0.39 is 0 Å². The first-order valence-corrected chi connectivity index (χ1v) is 10.8. The zero-order chi connectivity index (χ0) is 22.1. The molecule has 1 heterocycles. The van der Waals surface area contributed by atoms with E-state index in [9.17, 15) is 4.79 Å². The molecule has 1 amide bonds. The summed E-state index contributed by atoms with van der Waals surface area (Å²) in [6.45, 7) is 4.26. The highest BCUT2D eigenvalue weighted by molar-refractivity contribution is 5.78. The molecule has 164 valence electrons. The zero-order valence-corrected chi connectivity index (χ0v) is 18.7. The summed E-state index contributed by atoms with van der Waals surface area (Å²) in [5, 5.41) is 0. The molecule has 1 aromatic heterocycles. The van der Waals surface area contributed by atoms with Crippen LogP contribution in [0.25, 0.3) is 0 Å². The van der Waals surface area contributed by atoms with Crippen LogP contribution in [0.4, 0.5) is 0 Å². The van der Waals surface area contributed by atoms with Gasteiger partial charge in [0, 0.05) is 25.0 Å². The Labute approximate surface area is 185 Å². The first kappa shape index (κ1) is 22.5. The SMILES string of the molecule is CCCCN(Cc1cccn1Cc1cccc(OC)c1)C(=O)Cc1ccc(OC)cc1. The van der Waals surface area contributed by atoms with Gasteiger partial charge in [-0.25, -0.2) is 0 Å². The van der Waals surface area contributed by atoms with Crippen molar-refractivity contribution in [2.24, 2.45) is 0 Å². The molecule has 0 unspecified atom stereocenters. The van der Waals surface area contributed by atoms with Crippen LogP contribution >= 0.6 is 0 Å². The molecule has 0 aliphatic carbocycles. The molecule has 0 saturated heterocycles. The van der Waals surface area contributed by atoms with Crippen LogP contribution in [0.15, 0.2) is 66.9 Å². The van der Waals surface area contributed by atoms with Gasteiger partial charge < -0.3 is 18.9 Å². The maximum absolute atomic E-state index is 13.1. The largest absolute Gasteiger partial charge is 0.497 e.